The van der Waals surface area contributed by atoms with Crippen LogP contribution >= 0.6 is 0 Å². The van der Waals surface area contributed by atoms with Crippen LogP contribution in [-0.2, 0) is 0 Å². The normalized spacial score (nSPS) is 18.1. The Morgan fingerprint density at radius 1 is 1.43 bits per heavy atom. The predicted molar refractivity (Wildman–Crippen MR) is 32.1 cm³/mol. The Kier molecular flexibility index (Phi) is 1.30. The largest absolute Gasteiger partial charge is 0.0878 e. The van der Waals surface area contributed by atoms with Gasteiger partial charge in [0.05, 0.1) is 0 Å². The van der Waals surface area contributed by atoms with E-state index in [1.807, 2.05) is 0 Å². The summed E-state index contributed by atoms with van der Waals surface area (Å²) in [5.74, 6) is 0. The Morgan fingerprint density at radius 2 is 2.00 bits per heavy atom. The van der Waals surface area contributed by atoms with Gasteiger partial charge in [-0.2, -0.15) is 0 Å². The van der Waals surface area contributed by atoms with E-state index in [0.717, 1.165) is 0 Å². The molecule has 0 heteroatoms. The van der Waals surface area contributed by atoms with Crippen molar-refractivity contribution >= 4 is 0 Å². The van der Waals surface area contributed by atoms with Crippen LogP contribution in [-0.4, -0.2) is 0 Å². The minimum Gasteiger partial charge on any atom is -0.0878 e. The molecule has 0 N–H and O–H groups in total. The molecule has 0 aliphatic heterocycles. The van der Waals surface area contributed by atoms with E-state index >= 15 is 0 Å². The molecule has 1 rings (SSSR count). The number of hydrogen-bond donors (Lipinski definition) is 0. The maximum atomic E-state index is 2.22. The first-order valence-corrected chi connectivity index (χ1v) is 2.72. The van der Waals surface area contributed by atoms with Crippen molar-refractivity contribution in [2.75, 3.05) is 0 Å². The van der Waals surface area contributed by atoms with Crippen molar-refractivity contribution in [2.45, 2.75) is 19.8 Å². The molecule has 0 nitrogen and oxygen atoms in total. The van der Waals surface area contributed by atoms with E-state index < -0.39 is 0 Å². The zero-order valence-electron chi connectivity index (χ0n) is 4.65. The van der Waals surface area contributed by atoms with E-state index in [4.69, 9.17) is 0 Å². The lowest BCUT2D eigenvalue weighted by Crippen LogP contribution is -1.66. The first-order chi connectivity index (χ1) is 3.43. The molecule has 0 atom stereocenters. The lowest BCUT2D eigenvalue weighted by molar-refractivity contribution is 1.18. The lowest BCUT2D eigenvalue weighted by atomic mass is 10.2. The fourth-order valence-corrected chi connectivity index (χ4v) is 0.788. The van der Waals surface area contributed by atoms with Gasteiger partial charge in [0.25, 0.3) is 0 Å². The third-order valence-corrected chi connectivity index (χ3v) is 1.33. The van der Waals surface area contributed by atoms with Gasteiger partial charge in [-0.3, -0.25) is 0 Å². The number of rotatable bonds is 0. The second-order valence-corrected chi connectivity index (χ2v) is 1.83. The zero-order valence-corrected chi connectivity index (χ0v) is 4.65. The van der Waals surface area contributed by atoms with E-state index in [1.54, 1.807) is 5.57 Å². The molecule has 0 unspecified atom stereocenters. The van der Waals surface area contributed by atoms with Gasteiger partial charge in [-0.1, -0.05) is 23.8 Å². The van der Waals surface area contributed by atoms with Crippen LogP contribution in [0.2, 0.25) is 0 Å². The third kappa shape index (κ3) is 0.923. The van der Waals surface area contributed by atoms with Crippen LogP contribution in [0.5, 0.6) is 0 Å². The van der Waals surface area contributed by atoms with Gasteiger partial charge in [0.15, 0.2) is 0 Å². The van der Waals surface area contributed by atoms with Crippen molar-refractivity contribution < 1.29 is 0 Å². The highest BCUT2D eigenvalue weighted by atomic mass is 14.0. The smallest absolute Gasteiger partial charge is 0.0136 e. The summed E-state index contributed by atoms with van der Waals surface area (Å²) in [6, 6.07) is 0. The van der Waals surface area contributed by atoms with Crippen LogP contribution in [0.1, 0.15) is 19.8 Å². The molecule has 0 saturated heterocycles. The van der Waals surface area contributed by atoms with E-state index in [2.05, 4.69) is 25.2 Å². The Labute approximate surface area is 44.5 Å². The van der Waals surface area contributed by atoms with Gasteiger partial charge >= 0.3 is 0 Å². The van der Waals surface area contributed by atoms with Crippen LogP contribution in [0.4, 0.5) is 0 Å². The third-order valence-electron chi connectivity index (χ3n) is 1.33. The summed E-state index contributed by atoms with van der Waals surface area (Å²) in [5, 5.41) is 0. The minimum atomic E-state index is 1.19. The highest BCUT2D eigenvalue weighted by molar-refractivity contribution is 5.16. The summed E-state index contributed by atoms with van der Waals surface area (Å²) in [4.78, 5) is 0. The average Bonchev–Trinajstić information content (AvgIpc) is 2.14. The molecule has 0 radical (unpaired) electrons. The maximum Gasteiger partial charge on any atom is -0.0136 e. The summed E-state index contributed by atoms with van der Waals surface area (Å²) in [5.41, 5.74) is 1.56. The van der Waals surface area contributed by atoms with E-state index in [9.17, 15) is 0 Å². The summed E-state index contributed by atoms with van der Waals surface area (Å²) >= 11 is 0. The van der Waals surface area contributed by atoms with E-state index in [-0.39, 0.29) is 0 Å². The van der Waals surface area contributed by atoms with Crippen LogP contribution in [0.25, 0.3) is 0 Å². The second kappa shape index (κ2) is 1.97. The van der Waals surface area contributed by atoms with Gasteiger partial charge in [0.1, 0.15) is 0 Å². The molecule has 1 aliphatic rings. The monoisotopic (exact) mass is 94.1 g/mol. The van der Waals surface area contributed by atoms with Crippen molar-refractivity contribution in [1.29, 1.82) is 0 Å². The number of allylic oxidation sites excluding steroid dienone is 4. The molecule has 0 saturated carbocycles. The zero-order chi connectivity index (χ0) is 5.11. The molecule has 7 heavy (non-hydrogen) atoms. The number of hydrogen-bond acceptors (Lipinski definition) is 0. The molecule has 0 aromatic rings. The van der Waals surface area contributed by atoms with Crippen molar-refractivity contribution in [2.24, 2.45) is 0 Å². The molecule has 38 valence electrons. The van der Waals surface area contributed by atoms with E-state index in [1.165, 1.54) is 12.8 Å². The van der Waals surface area contributed by atoms with Crippen LogP contribution < -0.4 is 0 Å². The molecule has 0 bridgehead atoms. The van der Waals surface area contributed by atoms with Crippen LogP contribution in [0, 0.1) is 0 Å². The standard InChI is InChI=1S/C7H10/c1-2-7-5-3-4-6-7/h2-4H,5-6H2,1H3. The lowest BCUT2D eigenvalue weighted by Gasteiger charge is -1.86. The van der Waals surface area contributed by atoms with Gasteiger partial charge in [-0.15, -0.1) is 0 Å². The van der Waals surface area contributed by atoms with Gasteiger partial charge < -0.3 is 0 Å². The average molecular weight is 94.2 g/mol. The quantitative estimate of drug-likeness (QED) is 0.404. The summed E-state index contributed by atoms with van der Waals surface area (Å²) in [6.45, 7) is 2.10. The van der Waals surface area contributed by atoms with Gasteiger partial charge in [-0.05, 0) is 19.8 Å². The highest BCUT2D eigenvalue weighted by Gasteiger charge is 1.94. The van der Waals surface area contributed by atoms with E-state index in [0.29, 0.717) is 0 Å². The van der Waals surface area contributed by atoms with Gasteiger partial charge in [-0.25, -0.2) is 0 Å². The van der Waals surface area contributed by atoms with Crippen molar-refractivity contribution in [3.05, 3.63) is 23.8 Å². The van der Waals surface area contributed by atoms with Crippen LogP contribution in [0.3, 0.4) is 0 Å². The summed E-state index contributed by atoms with van der Waals surface area (Å²) < 4.78 is 0. The second-order valence-electron chi connectivity index (χ2n) is 1.83. The van der Waals surface area contributed by atoms with Crippen molar-refractivity contribution in [1.82, 2.24) is 0 Å². The molecule has 0 aromatic carbocycles. The SMILES string of the molecule is CC=C1CC=CC1. The fraction of sp³-hybridized carbons (Fsp3) is 0.429. The van der Waals surface area contributed by atoms with Crippen LogP contribution in [0.15, 0.2) is 23.8 Å². The predicted octanol–water partition coefficient (Wildman–Crippen LogP) is 2.28. The van der Waals surface area contributed by atoms with Crippen molar-refractivity contribution in [3.63, 3.8) is 0 Å². The molecule has 0 amide bonds. The topological polar surface area (TPSA) is 0 Å². The first kappa shape index (κ1) is 4.63. The highest BCUT2D eigenvalue weighted by Crippen LogP contribution is 2.14. The molecule has 0 fully saturated rings. The Hall–Kier alpha value is -0.520. The van der Waals surface area contributed by atoms with Gasteiger partial charge in [0, 0.05) is 0 Å². The minimum absolute atomic E-state index is 1.19. The summed E-state index contributed by atoms with van der Waals surface area (Å²) in [6.07, 6.45) is 9.01. The van der Waals surface area contributed by atoms with Gasteiger partial charge in [0.2, 0.25) is 0 Å². The molecule has 1 aliphatic carbocycles. The molecule has 0 spiro atoms. The van der Waals surface area contributed by atoms with Crippen molar-refractivity contribution in [3.8, 4) is 0 Å². The fourth-order valence-electron chi connectivity index (χ4n) is 0.788. The first-order valence-electron chi connectivity index (χ1n) is 2.72. The molecular weight excluding hydrogens is 84.1 g/mol. The summed E-state index contributed by atoms with van der Waals surface area (Å²) in [7, 11) is 0. The Morgan fingerprint density at radius 3 is 2.29 bits per heavy atom. The molecular formula is C7H10. The molecule has 0 heterocycles. The molecule has 0 aromatic heterocycles. The Balaban J connectivity index is 2.51. The maximum absolute atomic E-state index is 2.22. The Bertz CT molecular complexity index is 97.2.